The van der Waals surface area contributed by atoms with E-state index in [0.29, 0.717) is 18.6 Å². The molecule has 1 aromatic carbocycles. The first-order chi connectivity index (χ1) is 8.76. The highest BCUT2D eigenvalue weighted by Gasteiger charge is 2.00. The molecule has 1 N–H and O–H groups in total. The van der Waals surface area contributed by atoms with Crippen LogP contribution < -0.4 is 0 Å². The summed E-state index contributed by atoms with van der Waals surface area (Å²) < 4.78 is 18.3. The number of thioether (sulfide) groups is 1. The third kappa shape index (κ3) is 6.06. The van der Waals surface area contributed by atoms with Crippen LogP contribution in [0.4, 0.5) is 4.39 Å². The fraction of sp³-hybridized carbons (Fsp3) is 0.429. The first kappa shape index (κ1) is 15.0. The van der Waals surface area contributed by atoms with Crippen molar-refractivity contribution in [2.45, 2.75) is 12.2 Å². The van der Waals surface area contributed by atoms with E-state index in [9.17, 15) is 4.39 Å². The van der Waals surface area contributed by atoms with Crippen molar-refractivity contribution in [3.63, 3.8) is 0 Å². The van der Waals surface area contributed by atoms with E-state index in [0.717, 1.165) is 17.1 Å². The van der Waals surface area contributed by atoms with Gasteiger partial charge >= 0.3 is 0 Å². The number of rotatable bonds is 6. The van der Waals surface area contributed by atoms with E-state index >= 15 is 0 Å². The van der Waals surface area contributed by atoms with Gasteiger partial charge in [0.1, 0.15) is 5.82 Å². The Morgan fingerprint density at radius 2 is 2.22 bits per heavy atom. The highest BCUT2D eigenvalue weighted by atomic mass is 32.2. The molecule has 98 valence electrons. The molecule has 0 aliphatic rings. The van der Waals surface area contributed by atoms with Gasteiger partial charge in [0, 0.05) is 30.6 Å². The number of aliphatic hydroxyl groups is 1. The van der Waals surface area contributed by atoms with Crippen LogP contribution in [0, 0.1) is 17.7 Å². The Bertz CT molecular complexity index is 424. The Labute approximate surface area is 112 Å². The molecule has 0 atom stereocenters. The van der Waals surface area contributed by atoms with Crippen LogP contribution in [0.3, 0.4) is 0 Å². The van der Waals surface area contributed by atoms with Crippen LogP contribution in [0.15, 0.2) is 18.2 Å². The smallest absolute Gasteiger partial charge is 0.124 e. The number of hydrogen-bond donors (Lipinski definition) is 1. The van der Waals surface area contributed by atoms with Gasteiger partial charge in [-0.15, -0.1) is 0 Å². The molecule has 0 saturated heterocycles. The number of hydrogen-bond acceptors (Lipinski definition) is 3. The summed E-state index contributed by atoms with van der Waals surface area (Å²) >= 11 is 1.70. The van der Waals surface area contributed by atoms with Gasteiger partial charge in [0.25, 0.3) is 0 Å². The van der Waals surface area contributed by atoms with Crippen LogP contribution in [0.2, 0.25) is 0 Å². The predicted molar refractivity (Wildman–Crippen MR) is 73.0 cm³/mol. The van der Waals surface area contributed by atoms with Gasteiger partial charge < -0.3 is 9.84 Å². The van der Waals surface area contributed by atoms with Gasteiger partial charge in [-0.3, -0.25) is 0 Å². The second-order valence-corrected chi connectivity index (χ2v) is 4.77. The average Bonchev–Trinajstić information content (AvgIpc) is 2.34. The monoisotopic (exact) mass is 268 g/mol. The maximum absolute atomic E-state index is 13.4. The lowest BCUT2D eigenvalue weighted by Gasteiger charge is -2.03. The van der Waals surface area contributed by atoms with Crippen LogP contribution in [0.5, 0.6) is 0 Å². The molecule has 4 heteroatoms. The standard InChI is InChI=1S/C14H17FO2S/c1-17-6-7-18-11-13-8-12(4-2-3-5-16)9-14(15)10-13/h8-10,16H,3,5-7,11H2,1H3. The summed E-state index contributed by atoms with van der Waals surface area (Å²) in [6, 6.07) is 4.82. The van der Waals surface area contributed by atoms with Crippen molar-refractivity contribution in [1.29, 1.82) is 0 Å². The van der Waals surface area contributed by atoms with E-state index in [-0.39, 0.29) is 12.4 Å². The van der Waals surface area contributed by atoms with E-state index in [1.165, 1.54) is 12.1 Å². The summed E-state index contributed by atoms with van der Waals surface area (Å²) in [5.74, 6) is 7.00. The van der Waals surface area contributed by atoms with Crippen molar-refractivity contribution in [3.8, 4) is 11.8 Å². The molecule has 1 rings (SSSR count). The molecule has 0 aliphatic heterocycles. The maximum atomic E-state index is 13.4. The molecular formula is C14H17FO2S. The number of ether oxygens (including phenoxy) is 1. The van der Waals surface area contributed by atoms with Crippen molar-refractivity contribution < 1.29 is 14.2 Å². The zero-order valence-corrected chi connectivity index (χ0v) is 11.2. The lowest BCUT2D eigenvalue weighted by atomic mass is 10.1. The maximum Gasteiger partial charge on any atom is 0.124 e. The number of halogens is 1. The largest absolute Gasteiger partial charge is 0.395 e. The summed E-state index contributed by atoms with van der Waals surface area (Å²) in [6.07, 6.45) is 0.411. The molecule has 0 bridgehead atoms. The lowest BCUT2D eigenvalue weighted by Crippen LogP contribution is -1.93. The average molecular weight is 268 g/mol. The first-order valence-electron chi connectivity index (χ1n) is 5.72. The minimum absolute atomic E-state index is 0.0298. The summed E-state index contributed by atoms with van der Waals surface area (Å²) in [7, 11) is 1.66. The zero-order valence-electron chi connectivity index (χ0n) is 10.4. The van der Waals surface area contributed by atoms with Crippen LogP contribution in [-0.2, 0) is 10.5 Å². The Morgan fingerprint density at radius 1 is 1.39 bits per heavy atom. The molecule has 1 aromatic rings. The second-order valence-electron chi connectivity index (χ2n) is 3.67. The molecule has 0 unspecified atom stereocenters. The van der Waals surface area contributed by atoms with E-state index in [1.807, 2.05) is 6.07 Å². The number of aliphatic hydroxyl groups excluding tert-OH is 1. The molecule has 0 fully saturated rings. The Hall–Kier alpha value is -1.02. The molecule has 0 aromatic heterocycles. The third-order valence-corrected chi connectivity index (χ3v) is 3.12. The quantitative estimate of drug-likeness (QED) is 0.635. The van der Waals surface area contributed by atoms with Crippen molar-refractivity contribution >= 4 is 11.8 Å². The fourth-order valence-electron chi connectivity index (χ4n) is 1.36. The Balaban J connectivity index is 2.60. The molecule has 2 nitrogen and oxygen atoms in total. The normalized spacial score (nSPS) is 9.94. The lowest BCUT2D eigenvalue weighted by molar-refractivity contribution is 0.218. The summed E-state index contributed by atoms with van der Waals surface area (Å²) in [4.78, 5) is 0. The van der Waals surface area contributed by atoms with Crippen molar-refractivity contribution in [2.75, 3.05) is 26.1 Å². The van der Waals surface area contributed by atoms with Crippen molar-refractivity contribution in [3.05, 3.63) is 35.1 Å². The van der Waals surface area contributed by atoms with E-state index in [1.54, 1.807) is 18.9 Å². The SMILES string of the molecule is COCCSCc1cc(F)cc(C#CCCO)c1. The van der Waals surface area contributed by atoms with Gasteiger partial charge in [0.2, 0.25) is 0 Å². The van der Waals surface area contributed by atoms with Gasteiger partial charge in [-0.1, -0.05) is 11.8 Å². The summed E-state index contributed by atoms with van der Waals surface area (Å²) in [6.45, 7) is 0.727. The van der Waals surface area contributed by atoms with Gasteiger partial charge in [-0.25, -0.2) is 4.39 Å². The molecule has 0 saturated carbocycles. The fourth-order valence-corrected chi connectivity index (χ4v) is 2.19. The van der Waals surface area contributed by atoms with Crippen LogP contribution in [0.25, 0.3) is 0 Å². The second kappa shape index (κ2) is 8.98. The zero-order chi connectivity index (χ0) is 13.2. The predicted octanol–water partition coefficient (Wildman–Crippen LogP) is 2.44. The molecule has 0 radical (unpaired) electrons. The van der Waals surface area contributed by atoms with Gasteiger partial charge in [0.05, 0.1) is 13.2 Å². The van der Waals surface area contributed by atoms with Crippen molar-refractivity contribution in [2.24, 2.45) is 0 Å². The molecular weight excluding hydrogens is 251 g/mol. The highest BCUT2D eigenvalue weighted by molar-refractivity contribution is 7.98. The summed E-state index contributed by atoms with van der Waals surface area (Å²) in [5, 5.41) is 8.63. The van der Waals surface area contributed by atoms with Crippen molar-refractivity contribution in [1.82, 2.24) is 0 Å². The molecule has 0 spiro atoms. The molecule has 0 heterocycles. The highest BCUT2D eigenvalue weighted by Crippen LogP contribution is 2.15. The summed E-state index contributed by atoms with van der Waals surface area (Å²) in [5.41, 5.74) is 1.58. The molecule has 18 heavy (non-hydrogen) atoms. The molecule has 0 aliphatic carbocycles. The first-order valence-corrected chi connectivity index (χ1v) is 6.87. The molecule has 0 amide bonds. The van der Waals surface area contributed by atoms with Gasteiger partial charge in [-0.05, 0) is 23.8 Å². The van der Waals surface area contributed by atoms with Gasteiger partial charge in [-0.2, -0.15) is 11.8 Å². The van der Waals surface area contributed by atoms with E-state index in [4.69, 9.17) is 9.84 Å². The Kier molecular flexibility index (Phi) is 7.51. The number of benzene rings is 1. The Morgan fingerprint density at radius 3 is 2.94 bits per heavy atom. The third-order valence-electron chi connectivity index (χ3n) is 2.13. The number of methoxy groups -OCH3 is 1. The van der Waals surface area contributed by atoms with Gasteiger partial charge in [0.15, 0.2) is 0 Å². The minimum Gasteiger partial charge on any atom is -0.395 e. The van der Waals surface area contributed by atoms with Crippen LogP contribution in [0.1, 0.15) is 17.5 Å². The van der Waals surface area contributed by atoms with Crippen LogP contribution >= 0.6 is 11.8 Å². The van der Waals surface area contributed by atoms with E-state index < -0.39 is 0 Å². The topological polar surface area (TPSA) is 29.5 Å². The van der Waals surface area contributed by atoms with E-state index in [2.05, 4.69) is 11.8 Å². The minimum atomic E-state index is -0.270. The van der Waals surface area contributed by atoms with Crippen LogP contribution in [-0.4, -0.2) is 31.2 Å².